The standard InChI is InChI=1S/C12H16FNO2/c1-3-4-7-14-11-8-9(12(15)16-2)5-6-10(11)13/h5-6,8,14H,3-4,7H2,1-2H3. The van der Waals surface area contributed by atoms with E-state index in [0.29, 0.717) is 17.8 Å². The Labute approximate surface area is 94.6 Å². The van der Waals surface area contributed by atoms with E-state index in [1.54, 1.807) is 0 Å². The third kappa shape index (κ3) is 3.22. The molecular weight excluding hydrogens is 209 g/mol. The van der Waals surface area contributed by atoms with Crippen LogP contribution in [0.15, 0.2) is 18.2 Å². The molecule has 0 bridgehead atoms. The quantitative estimate of drug-likeness (QED) is 0.618. The van der Waals surface area contributed by atoms with E-state index in [-0.39, 0.29) is 5.82 Å². The van der Waals surface area contributed by atoms with Crippen molar-refractivity contribution in [2.45, 2.75) is 19.8 Å². The fraction of sp³-hybridized carbons (Fsp3) is 0.417. The molecule has 4 heteroatoms. The molecule has 1 aromatic carbocycles. The highest BCUT2D eigenvalue weighted by molar-refractivity contribution is 5.90. The van der Waals surface area contributed by atoms with Gasteiger partial charge in [0, 0.05) is 6.54 Å². The highest BCUT2D eigenvalue weighted by Gasteiger charge is 2.09. The third-order valence-electron chi connectivity index (χ3n) is 2.23. The molecule has 16 heavy (non-hydrogen) atoms. The van der Waals surface area contributed by atoms with Crippen molar-refractivity contribution in [2.24, 2.45) is 0 Å². The second-order valence-corrected chi connectivity index (χ2v) is 3.47. The van der Waals surface area contributed by atoms with Gasteiger partial charge < -0.3 is 10.1 Å². The summed E-state index contributed by atoms with van der Waals surface area (Å²) >= 11 is 0. The van der Waals surface area contributed by atoms with Gasteiger partial charge in [-0.05, 0) is 24.6 Å². The zero-order valence-electron chi connectivity index (χ0n) is 9.55. The number of esters is 1. The number of hydrogen-bond donors (Lipinski definition) is 1. The monoisotopic (exact) mass is 225 g/mol. The Morgan fingerprint density at radius 2 is 2.25 bits per heavy atom. The summed E-state index contributed by atoms with van der Waals surface area (Å²) in [6, 6.07) is 4.14. The van der Waals surface area contributed by atoms with E-state index in [2.05, 4.69) is 17.0 Å². The van der Waals surface area contributed by atoms with Crippen LogP contribution in [-0.2, 0) is 4.74 Å². The van der Waals surface area contributed by atoms with Gasteiger partial charge in [0.15, 0.2) is 0 Å². The lowest BCUT2D eigenvalue weighted by Crippen LogP contribution is -2.06. The zero-order chi connectivity index (χ0) is 12.0. The van der Waals surface area contributed by atoms with Crippen LogP contribution in [-0.4, -0.2) is 19.6 Å². The summed E-state index contributed by atoms with van der Waals surface area (Å²) < 4.78 is 17.9. The number of halogens is 1. The van der Waals surface area contributed by atoms with Crippen molar-refractivity contribution in [3.05, 3.63) is 29.6 Å². The van der Waals surface area contributed by atoms with Crippen molar-refractivity contribution in [1.29, 1.82) is 0 Å². The number of hydrogen-bond acceptors (Lipinski definition) is 3. The highest BCUT2D eigenvalue weighted by atomic mass is 19.1. The summed E-state index contributed by atoms with van der Waals surface area (Å²) in [6.07, 6.45) is 1.99. The Morgan fingerprint density at radius 3 is 2.88 bits per heavy atom. The van der Waals surface area contributed by atoms with Gasteiger partial charge in [0.2, 0.25) is 0 Å². The molecular formula is C12H16FNO2. The fourth-order valence-electron chi connectivity index (χ4n) is 1.31. The van der Waals surface area contributed by atoms with Crippen molar-refractivity contribution >= 4 is 11.7 Å². The number of anilines is 1. The summed E-state index contributed by atoms with van der Waals surface area (Å²) in [6.45, 7) is 2.75. The first-order chi connectivity index (χ1) is 7.69. The maximum absolute atomic E-state index is 13.3. The van der Waals surface area contributed by atoms with Crippen LogP contribution < -0.4 is 5.32 Å². The largest absolute Gasteiger partial charge is 0.465 e. The molecule has 1 aromatic rings. The van der Waals surface area contributed by atoms with Gasteiger partial charge in [0.25, 0.3) is 0 Å². The van der Waals surface area contributed by atoms with Crippen molar-refractivity contribution in [1.82, 2.24) is 0 Å². The molecule has 0 saturated carbocycles. The molecule has 0 aromatic heterocycles. The molecule has 0 spiro atoms. The summed E-state index contributed by atoms with van der Waals surface area (Å²) in [4.78, 5) is 11.2. The number of nitrogens with one attached hydrogen (secondary N) is 1. The summed E-state index contributed by atoms with van der Waals surface area (Å²) in [5.74, 6) is -0.817. The predicted molar refractivity (Wildman–Crippen MR) is 61.1 cm³/mol. The molecule has 0 atom stereocenters. The SMILES string of the molecule is CCCCNc1cc(C(=O)OC)ccc1F. The van der Waals surface area contributed by atoms with Crippen LogP contribution in [0.3, 0.4) is 0 Å². The topological polar surface area (TPSA) is 38.3 Å². The normalized spacial score (nSPS) is 9.94. The lowest BCUT2D eigenvalue weighted by molar-refractivity contribution is 0.0600. The molecule has 1 N–H and O–H groups in total. The Bertz CT molecular complexity index is 366. The molecule has 0 fully saturated rings. The summed E-state index contributed by atoms with van der Waals surface area (Å²) in [5, 5.41) is 2.95. The minimum atomic E-state index is -0.460. The first-order valence-electron chi connectivity index (χ1n) is 5.30. The Balaban J connectivity index is 2.78. The Hall–Kier alpha value is -1.58. The van der Waals surface area contributed by atoms with Crippen molar-refractivity contribution in [3.63, 3.8) is 0 Å². The van der Waals surface area contributed by atoms with Crippen LogP contribution in [0.4, 0.5) is 10.1 Å². The number of carbonyl (C=O) groups is 1. The molecule has 0 aliphatic carbocycles. The van der Waals surface area contributed by atoms with Crippen molar-refractivity contribution < 1.29 is 13.9 Å². The predicted octanol–water partition coefficient (Wildman–Crippen LogP) is 2.82. The first kappa shape index (κ1) is 12.5. The van der Waals surface area contributed by atoms with Gasteiger partial charge in [-0.15, -0.1) is 0 Å². The second kappa shape index (κ2) is 6.10. The van der Waals surface area contributed by atoms with Gasteiger partial charge in [-0.1, -0.05) is 13.3 Å². The van der Waals surface area contributed by atoms with Gasteiger partial charge in [-0.25, -0.2) is 9.18 Å². The van der Waals surface area contributed by atoms with Gasteiger partial charge >= 0.3 is 5.97 Å². The molecule has 88 valence electrons. The number of carbonyl (C=O) groups excluding carboxylic acids is 1. The zero-order valence-corrected chi connectivity index (χ0v) is 9.55. The highest BCUT2D eigenvalue weighted by Crippen LogP contribution is 2.16. The van der Waals surface area contributed by atoms with Crippen LogP contribution in [0.5, 0.6) is 0 Å². The van der Waals surface area contributed by atoms with E-state index in [1.807, 2.05) is 0 Å². The van der Waals surface area contributed by atoms with E-state index in [0.717, 1.165) is 12.8 Å². The van der Waals surface area contributed by atoms with Crippen LogP contribution in [0.25, 0.3) is 0 Å². The molecule has 0 aliphatic rings. The smallest absolute Gasteiger partial charge is 0.337 e. The molecule has 0 radical (unpaired) electrons. The fourth-order valence-corrected chi connectivity index (χ4v) is 1.31. The molecule has 0 aliphatic heterocycles. The molecule has 0 heterocycles. The summed E-state index contributed by atoms with van der Waals surface area (Å²) in [7, 11) is 1.30. The van der Waals surface area contributed by atoms with Gasteiger partial charge in [-0.3, -0.25) is 0 Å². The van der Waals surface area contributed by atoms with Crippen LogP contribution in [0.1, 0.15) is 30.1 Å². The van der Waals surface area contributed by atoms with Gasteiger partial charge in [0.1, 0.15) is 5.82 Å². The summed E-state index contributed by atoms with van der Waals surface area (Å²) in [5.41, 5.74) is 0.694. The minimum absolute atomic E-state index is 0.344. The first-order valence-corrected chi connectivity index (χ1v) is 5.30. The number of methoxy groups -OCH3 is 1. The molecule has 0 saturated heterocycles. The number of rotatable bonds is 5. The second-order valence-electron chi connectivity index (χ2n) is 3.47. The van der Waals surface area contributed by atoms with Gasteiger partial charge in [-0.2, -0.15) is 0 Å². The lowest BCUT2D eigenvalue weighted by Gasteiger charge is -2.08. The van der Waals surface area contributed by atoms with E-state index in [9.17, 15) is 9.18 Å². The number of unbranched alkanes of at least 4 members (excludes halogenated alkanes) is 1. The van der Waals surface area contributed by atoms with Crippen LogP contribution in [0, 0.1) is 5.82 Å². The van der Waals surface area contributed by atoms with E-state index >= 15 is 0 Å². The Morgan fingerprint density at radius 1 is 1.50 bits per heavy atom. The minimum Gasteiger partial charge on any atom is -0.465 e. The third-order valence-corrected chi connectivity index (χ3v) is 2.23. The number of benzene rings is 1. The van der Waals surface area contributed by atoms with Crippen molar-refractivity contribution in [3.8, 4) is 0 Å². The molecule has 1 rings (SSSR count). The van der Waals surface area contributed by atoms with Crippen LogP contribution in [0.2, 0.25) is 0 Å². The van der Waals surface area contributed by atoms with E-state index in [4.69, 9.17) is 0 Å². The molecule has 0 amide bonds. The van der Waals surface area contributed by atoms with E-state index < -0.39 is 5.97 Å². The van der Waals surface area contributed by atoms with Gasteiger partial charge in [0.05, 0.1) is 18.4 Å². The lowest BCUT2D eigenvalue weighted by atomic mass is 10.2. The van der Waals surface area contributed by atoms with Crippen molar-refractivity contribution in [2.75, 3.05) is 19.0 Å². The maximum Gasteiger partial charge on any atom is 0.337 e. The molecule has 3 nitrogen and oxygen atoms in total. The Kier molecular flexibility index (Phi) is 4.76. The maximum atomic E-state index is 13.3. The van der Waals surface area contributed by atoms with E-state index in [1.165, 1.54) is 25.3 Å². The van der Waals surface area contributed by atoms with Crippen LogP contribution >= 0.6 is 0 Å². The molecule has 0 unspecified atom stereocenters. The average Bonchev–Trinajstić information content (AvgIpc) is 2.31. The number of ether oxygens (including phenoxy) is 1. The average molecular weight is 225 g/mol.